The molecule has 1 aliphatic rings. The molecule has 2 atom stereocenters. The fraction of sp³-hybridized carbons (Fsp3) is 0.600. The molecule has 0 aliphatic carbocycles. The Balaban J connectivity index is 2.33. The summed E-state index contributed by atoms with van der Waals surface area (Å²) in [6.07, 6.45) is 2.98. The molecule has 1 aliphatic heterocycles. The second-order valence-corrected chi connectivity index (χ2v) is 9.80. The number of hydrogen-bond acceptors (Lipinski definition) is 6. The number of sulfonamides is 1. The van der Waals surface area contributed by atoms with Gasteiger partial charge in [0.25, 0.3) is 0 Å². The molecule has 1 aromatic rings. The molecule has 1 aromatic carbocycles. The summed E-state index contributed by atoms with van der Waals surface area (Å²) in [6, 6.07) is 3.57. The lowest BCUT2D eigenvalue weighted by Gasteiger charge is -2.29. The van der Waals surface area contributed by atoms with Gasteiger partial charge in [-0.15, -0.1) is 0 Å². The van der Waals surface area contributed by atoms with Gasteiger partial charge in [-0.1, -0.05) is 0 Å². The Hall–Kier alpha value is -1.16. The van der Waals surface area contributed by atoms with Crippen LogP contribution in [0.2, 0.25) is 0 Å². The smallest absolute Gasteiger partial charge is 0.244 e. The summed E-state index contributed by atoms with van der Waals surface area (Å²) in [4.78, 5) is -0.223. The first-order chi connectivity index (χ1) is 11.1. The van der Waals surface area contributed by atoms with Gasteiger partial charge in [0.2, 0.25) is 10.0 Å². The van der Waals surface area contributed by atoms with Crippen molar-refractivity contribution < 1.29 is 21.6 Å². The van der Waals surface area contributed by atoms with Crippen LogP contribution < -0.4 is 14.8 Å². The first kappa shape index (κ1) is 19.2. The third kappa shape index (κ3) is 4.47. The van der Waals surface area contributed by atoms with E-state index in [1.807, 2.05) is 6.92 Å². The Morgan fingerprint density at radius 3 is 2.54 bits per heavy atom. The molecule has 2 rings (SSSR count). The van der Waals surface area contributed by atoms with Crippen molar-refractivity contribution in [3.63, 3.8) is 0 Å². The highest BCUT2D eigenvalue weighted by Gasteiger charge is 2.28. The molecule has 0 amide bonds. The van der Waals surface area contributed by atoms with E-state index < -0.39 is 19.9 Å². The van der Waals surface area contributed by atoms with Gasteiger partial charge in [0.1, 0.15) is 10.6 Å². The number of piperidine rings is 1. The molecule has 1 heterocycles. The summed E-state index contributed by atoms with van der Waals surface area (Å²) >= 11 is 0. The number of benzene rings is 1. The molecule has 136 valence electrons. The van der Waals surface area contributed by atoms with Crippen LogP contribution in [0.4, 0.5) is 0 Å². The van der Waals surface area contributed by atoms with Crippen LogP contribution in [0.15, 0.2) is 28.0 Å². The van der Waals surface area contributed by atoms with E-state index in [-0.39, 0.29) is 27.5 Å². The zero-order chi connectivity index (χ0) is 18.0. The second-order valence-electron chi connectivity index (χ2n) is 6.10. The number of ether oxygens (including phenoxy) is 1. The van der Waals surface area contributed by atoms with E-state index in [9.17, 15) is 16.8 Å². The monoisotopic (exact) mass is 376 g/mol. The molecule has 7 nitrogen and oxygen atoms in total. The Bertz CT molecular complexity index is 784. The van der Waals surface area contributed by atoms with Crippen molar-refractivity contribution >= 4 is 19.9 Å². The number of nitrogens with one attached hydrogen (secondary N) is 2. The lowest BCUT2D eigenvalue weighted by molar-refractivity contribution is 0.320. The molecule has 1 fully saturated rings. The molecule has 0 saturated carbocycles. The van der Waals surface area contributed by atoms with Crippen LogP contribution in [0.5, 0.6) is 5.75 Å². The minimum Gasteiger partial charge on any atom is -0.495 e. The SMILES string of the molecule is COc1ccc(S(C)(=O)=O)cc1S(=O)(=O)NC(C)C1CCCNC1. The third-order valence-electron chi connectivity index (χ3n) is 4.24. The molecule has 0 bridgehead atoms. The van der Waals surface area contributed by atoms with E-state index in [0.29, 0.717) is 0 Å². The summed E-state index contributed by atoms with van der Waals surface area (Å²) in [5, 5.41) is 3.25. The average molecular weight is 377 g/mol. The lowest BCUT2D eigenvalue weighted by Crippen LogP contribution is -2.44. The van der Waals surface area contributed by atoms with Crippen LogP contribution in [-0.4, -0.2) is 49.3 Å². The minimum atomic E-state index is -3.90. The maximum Gasteiger partial charge on any atom is 0.244 e. The van der Waals surface area contributed by atoms with Crippen molar-refractivity contribution in [1.82, 2.24) is 10.0 Å². The number of methoxy groups -OCH3 is 1. The number of hydrogen-bond donors (Lipinski definition) is 2. The number of rotatable bonds is 6. The van der Waals surface area contributed by atoms with Crippen LogP contribution in [-0.2, 0) is 19.9 Å². The summed E-state index contributed by atoms with van der Waals surface area (Å²) in [5.74, 6) is 0.307. The van der Waals surface area contributed by atoms with Gasteiger partial charge in [0, 0.05) is 12.3 Å². The standard InChI is InChI=1S/C15H24N2O5S2/c1-11(12-5-4-8-16-10-12)17-24(20,21)15-9-13(23(3,18)19)6-7-14(15)22-2/h6-7,9,11-12,16-17H,4-5,8,10H2,1-3H3. The van der Waals surface area contributed by atoms with Crippen molar-refractivity contribution in [2.24, 2.45) is 5.92 Å². The molecular formula is C15H24N2O5S2. The Kier molecular flexibility index (Phi) is 5.90. The van der Waals surface area contributed by atoms with Gasteiger partial charge in [0.15, 0.2) is 9.84 Å². The maximum atomic E-state index is 12.7. The van der Waals surface area contributed by atoms with Gasteiger partial charge in [-0.25, -0.2) is 21.6 Å². The normalized spacial score (nSPS) is 20.5. The van der Waals surface area contributed by atoms with Crippen molar-refractivity contribution in [3.8, 4) is 5.75 Å². The fourth-order valence-corrected chi connectivity index (χ4v) is 5.04. The zero-order valence-electron chi connectivity index (χ0n) is 14.1. The molecule has 24 heavy (non-hydrogen) atoms. The molecule has 1 saturated heterocycles. The molecule has 2 N–H and O–H groups in total. The van der Waals surface area contributed by atoms with Crippen LogP contribution >= 0.6 is 0 Å². The number of sulfone groups is 1. The van der Waals surface area contributed by atoms with Crippen LogP contribution in [0.1, 0.15) is 19.8 Å². The lowest BCUT2D eigenvalue weighted by atomic mass is 9.94. The van der Waals surface area contributed by atoms with Crippen LogP contribution in [0.3, 0.4) is 0 Å². The van der Waals surface area contributed by atoms with Crippen LogP contribution in [0, 0.1) is 5.92 Å². The fourth-order valence-electron chi connectivity index (χ4n) is 2.81. The molecule has 0 aromatic heterocycles. The van der Waals surface area contributed by atoms with Gasteiger partial charge in [0.05, 0.1) is 12.0 Å². The van der Waals surface area contributed by atoms with Crippen molar-refractivity contribution in [3.05, 3.63) is 18.2 Å². The molecule has 0 spiro atoms. The Morgan fingerprint density at radius 1 is 1.29 bits per heavy atom. The topological polar surface area (TPSA) is 102 Å². The van der Waals surface area contributed by atoms with E-state index in [2.05, 4.69) is 10.0 Å². The highest BCUT2D eigenvalue weighted by molar-refractivity contribution is 7.91. The largest absolute Gasteiger partial charge is 0.495 e. The predicted molar refractivity (Wildman–Crippen MR) is 91.5 cm³/mol. The molecule has 0 radical (unpaired) electrons. The molecule has 2 unspecified atom stereocenters. The highest BCUT2D eigenvalue weighted by atomic mass is 32.2. The van der Waals surface area contributed by atoms with Crippen molar-refractivity contribution in [2.75, 3.05) is 26.5 Å². The predicted octanol–water partition coefficient (Wildman–Crippen LogP) is 0.765. The third-order valence-corrected chi connectivity index (χ3v) is 6.93. The van der Waals surface area contributed by atoms with Gasteiger partial charge < -0.3 is 10.1 Å². The second kappa shape index (κ2) is 7.38. The maximum absolute atomic E-state index is 12.7. The minimum absolute atomic E-state index is 0.0596. The Labute approximate surface area is 143 Å². The van der Waals surface area contributed by atoms with E-state index in [1.165, 1.54) is 19.2 Å². The summed E-state index contributed by atoms with van der Waals surface area (Å²) in [7, 11) is -6.07. The average Bonchev–Trinajstić information content (AvgIpc) is 2.53. The van der Waals surface area contributed by atoms with Gasteiger partial charge in [-0.2, -0.15) is 0 Å². The summed E-state index contributed by atoms with van der Waals surface area (Å²) in [5.41, 5.74) is 0. The van der Waals surface area contributed by atoms with E-state index in [0.717, 1.165) is 38.3 Å². The van der Waals surface area contributed by atoms with E-state index in [4.69, 9.17) is 4.74 Å². The van der Waals surface area contributed by atoms with Crippen molar-refractivity contribution in [1.29, 1.82) is 0 Å². The summed E-state index contributed by atoms with van der Waals surface area (Å²) < 4.78 is 56.7. The first-order valence-electron chi connectivity index (χ1n) is 7.76. The highest BCUT2D eigenvalue weighted by Crippen LogP contribution is 2.27. The zero-order valence-corrected chi connectivity index (χ0v) is 15.7. The summed E-state index contributed by atoms with van der Waals surface area (Å²) in [6.45, 7) is 3.52. The molecular weight excluding hydrogens is 352 g/mol. The Morgan fingerprint density at radius 2 is 2.00 bits per heavy atom. The van der Waals surface area contributed by atoms with E-state index in [1.54, 1.807) is 0 Å². The van der Waals surface area contributed by atoms with Crippen LogP contribution in [0.25, 0.3) is 0 Å². The molecule has 9 heteroatoms. The van der Waals surface area contributed by atoms with Gasteiger partial charge >= 0.3 is 0 Å². The van der Waals surface area contributed by atoms with E-state index >= 15 is 0 Å². The quantitative estimate of drug-likeness (QED) is 0.760. The first-order valence-corrected chi connectivity index (χ1v) is 11.1. The van der Waals surface area contributed by atoms with Gasteiger partial charge in [-0.05, 0) is 57.0 Å². The van der Waals surface area contributed by atoms with Crippen molar-refractivity contribution in [2.45, 2.75) is 35.6 Å². The van der Waals surface area contributed by atoms with Gasteiger partial charge in [-0.3, -0.25) is 0 Å².